The van der Waals surface area contributed by atoms with Crippen molar-refractivity contribution in [3.63, 3.8) is 0 Å². The van der Waals surface area contributed by atoms with Crippen LogP contribution in [0.1, 0.15) is 5.56 Å². The van der Waals surface area contributed by atoms with Gasteiger partial charge in [0.15, 0.2) is 0 Å². The molecule has 0 bridgehead atoms. The van der Waals surface area contributed by atoms with Gasteiger partial charge < -0.3 is 15.4 Å². The largest absolute Gasteiger partial charge is 0.495 e. The number of rotatable bonds is 6. The fourth-order valence-electron chi connectivity index (χ4n) is 2.08. The highest BCUT2D eigenvalue weighted by atomic mass is 16.5. The molecule has 23 heavy (non-hydrogen) atoms. The third kappa shape index (κ3) is 3.94. The van der Waals surface area contributed by atoms with E-state index < -0.39 is 0 Å². The first-order chi connectivity index (χ1) is 11.3. The van der Waals surface area contributed by atoms with Crippen LogP contribution in [-0.2, 0) is 6.54 Å². The molecule has 116 valence electrons. The predicted molar refractivity (Wildman–Crippen MR) is 89.9 cm³/mol. The SMILES string of the molecule is COc1ccccc1Nc1nccc(NCc2ccncc2)n1. The lowest BCUT2D eigenvalue weighted by atomic mass is 10.3. The van der Waals surface area contributed by atoms with Crippen molar-refractivity contribution in [3.05, 3.63) is 66.6 Å². The minimum absolute atomic E-state index is 0.509. The van der Waals surface area contributed by atoms with Crippen LogP contribution in [0, 0.1) is 0 Å². The molecule has 0 saturated carbocycles. The van der Waals surface area contributed by atoms with Crippen LogP contribution in [0.15, 0.2) is 61.1 Å². The lowest BCUT2D eigenvalue weighted by molar-refractivity contribution is 0.417. The lowest BCUT2D eigenvalue weighted by Gasteiger charge is -2.11. The summed E-state index contributed by atoms with van der Waals surface area (Å²) in [6, 6.07) is 13.4. The van der Waals surface area contributed by atoms with Crippen molar-refractivity contribution >= 4 is 17.5 Å². The number of aromatic nitrogens is 3. The first kappa shape index (κ1) is 14.8. The molecule has 6 heteroatoms. The summed E-state index contributed by atoms with van der Waals surface area (Å²) in [6.45, 7) is 0.674. The minimum Gasteiger partial charge on any atom is -0.495 e. The number of nitrogens with one attached hydrogen (secondary N) is 2. The standard InChI is InChI=1S/C17H17N5O/c1-23-15-5-3-2-4-14(15)21-17-19-11-8-16(22-17)20-12-13-6-9-18-10-7-13/h2-11H,12H2,1H3,(H2,19,20,21,22). The zero-order chi connectivity index (χ0) is 15.9. The number of hydrogen-bond donors (Lipinski definition) is 2. The number of benzene rings is 1. The van der Waals surface area contributed by atoms with Gasteiger partial charge >= 0.3 is 0 Å². The van der Waals surface area contributed by atoms with Crippen molar-refractivity contribution in [2.45, 2.75) is 6.54 Å². The van der Waals surface area contributed by atoms with Crippen molar-refractivity contribution in [3.8, 4) is 5.75 Å². The Morgan fingerprint density at radius 3 is 2.65 bits per heavy atom. The maximum atomic E-state index is 5.31. The van der Waals surface area contributed by atoms with Gasteiger partial charge in [0.05, 0.1) is 12.8 Å². The second-order valence-corrected chi connectivity index (χ2v) is 4.80. The zero-order valence-corrected chi connectivity index (χ0v) is 12.7. The van der Waals surface area contributed by atoms with Crippen LogP contribution in [0.4, 0.5) is 17.5 Å². The van der Waals surface area contributed by atoms with Crippen LogP contribution >= 0.6 is 0 Å². The summed E-state index contributed by atoms with van der Waals surface area (Å²) in [6.07, 6.45) is 5.25. The number of hydrogen-bond acceptors (Lipinski definition) is 6. The van der Waals surface area contributed by atoms with Crippen molar-refractivity contribution in [1.82, 2.24) is 15.0 Å². The summed E-state index contributed by atoms with van der Waals surface area (Å²) in [4.78, 5) is 12.7. The third-order valence-corrected chi connectivity index (χ3v) is 3.23. The van der Waals surface area contributed by atoms with E-state index in [1.165, 1.54) is 0 Å². The molecular weight excluding hydrogens is 290 g/mol. The molecule has 6 nitrogen and oxygen atoms in total. The minimum atomic E-state index is 0.509. The Morgan fingerprint density at radius 2 is 1.83 bits per heavy atom. The number of nitrogens with zero attached hydrogens (tertiary/aromatic N) is 3. The van der Waals surface area contributed by atoms with Gasteiger partial charge in [-0.2, -0.15) is 4.98 Å². The average molecular weight is 307 g/mol. The van der Waals surface area contributed by atoms with E-state index in [2.05, 4.69) is 25.6 Å². The van der Waals surface area contributed by atoms with Crippen LogP contribution in [-0.4, -0.2) is 22.1 Å². The summed E-state index contributed by atoms with van der Waals surface area (Å²) >= 11 is 0. The highest BCUT2D eigenvalue weighted by molar-refractivity contribution is 5.62. The van der Waals surface area contributed by atoms with E-state index in [1.807, 2.05) is 42.5 Å². The molecule has 2 aromatic heterocycles. The molecule has 0 amide bonds. The van der Waals surface area contributed by atoms with E-state index in [0.717, 1.165) is 22.8 Å². The van der Waals surface area contributed by atoms with Gasteiger partial charge in [-0.3, -0.25) is 4.98 Å². The Bertz CT molecular complexity index is 764. The number of anilines is 3. The second kappa shape index (κ2) is 7.22. The molecule has 0 radical (unpaired) electrons. The monoisotopic (exact) mass is 307 g/mol. The Hall–Kier alpha value is -3.15. The quantitative estimate of drug-likeness (QED) is 0.728. The van der Waals surface area contributed by atoms with Gasteiger partial charge in [-0.15, -0.1) is 0 Å². The van der Waals surface area contributed by atoms with Gasteiger partial charge in [0.25, 0.3) is 0 Å². The predicted octanol–water partition coefficient (Wildman–Crippen LogP) is 3.24. The molecular formula is C17H17N5O. The first-order valence-corrected chi connectivity index (χ1v) is 7.21. The van der Waals surface area contributed by atoms with Crippen LogP contribution in [0.25, 0.3) is 0 Å². The number of methoxy groups -OCH3 is 1. The van der Waals surface area contributed by atoms with Gasteiger partial charge in [0.2, 0.25) is 5.95 Å². The van der Waals surface area contributed by atoms with Gasteiger partial charge in [-0.1, -0.05) is 12.1 Å². The molecule has 2 heterocycles. The molecule has 0 atom stereocenters. The molecule has 0 fully saturated rings. The van der Waals surface area contributed by atoms with Crippen molar-refractivity contribution in [2.75, 3.05) is 17.7 Å². The van der Waals surface area contributed by atoms with Gasteiger partial charge in [-0.25, -0.2) is 4.98 Å². The molecule has 0 aliphatic heterocycles. The Balaban J connectivity index is 1.70. The van der Waals surface area contributed by atoms with E-state index in [-0.39, 0.29) is 0 Å². The first-order valence-electron chi connectivity index (χ1n) is 7.21. The van der Waals surface area contributed by atoms with E-state index in [9.17, 15) is 0 Å². The zero-order valence-electron chi connectivity index (χ0n) is 12.7. The Labute approximate surface area is 134 Å². The number of ether oxygens (including phenoxy) is 1. The van der Waals surface area contributed by atoms with Crippen LogP contribution in [0.2, 0.25) is 0 Å². The van der Waals surface area contributed by atoms with E-state index in [1.54, 1.807) is 25.7 Å². The molecule has 3 rings (SSSR count). The van der Waals surface area contributed by atoms with E-state index in [4.69, 9.17) is 4.74 Å². The van der Waals surface area contributed by atoms with Gasteiger partial charge in [0, 0.05) is 25.1 Å². The fourth-order valence-corrected chi connectivity index (χ4v) is 2.08. The molecule has 0 spiro atoms. The molecule has 0 aliphatic rings. The van der Waals surface area contributed by atoms with Gasteiger partial charge in [0.1, 0.15) is 11.6 Å². The third-order valence-electron chi connectivity index (χ3n) is 3.23. The second-order valence-electron chi connectivity index (χ2n) is 4.80. The van der Waals surface area contributed by atoms with E-state index >= 15 is 0 Å². The summed E-state index contributed by atoms with van der Waals surface area (Å²) in [5.74, 6) is 2.00. The Kier molecular flexibility index (Phi) is 4.63. The van der Waals surface area contributed by atoms with Crippen molar-refractivity contribution < 1.29 is 4.74 Å². The fraction of sp³-hybridized carbons (Fsp3) is 0.118. The van der Waals surface area contributed by atoms with Crippen LogP contribution in [0.3, 0.4) is 0 Å². The van der Waals surface area contributed by atoms with Crippen molar-refractivity contribution in [2.24, 2.45) is 0 Å². The summed E-state index contributed by atoms with van der Waals surface area (Å²) in [7, 11) is 1.63. The van der Waals surface area contributed by atoms with E-state index in [0.29, 0.717) is 12.5 Å². The number of para-hydroxylation sites is 2. The topological polar surface area (TPSA) is 72.0 Å². The molecule has 2 N–H and O–H groups in total. The maximum Gasteiger partial charge on any atom is 0.229 e. The lowest BCUT2D eigenvalue weighted by Crippen LogP contribution is -2.04. The maximum absolute atomic E-state index is 5.31. The van der Waals surface area contributed by atoms with Crippen LogP contribution < -0.4 is 15.4 Å². The molecule has 1 aromatic carbocycles. The molecule has 0 aliphatic carbocycles. The molecule has 0 saturated heterocycles. The van der Waals surface area contributed by atoms with Crippen molar-refractivity contribution in [1.29, 1.82) is 0 Å². The normalized spacial score (nSPS) is 10.1. The summed E-state index contributed by atoms with van der Waals surface area (Å²) in [5, 5.41) is 6.43. The highest BCUT2D eigenvalue weighted by Crippen LogP contribution is 2.25. The van der Waals surface area contributed by atoms with Crippen LogP contribution in [0.5, 0.6) is 5.75 Å². The highest BCUT2D eigenvalue weighted by Gasteiger charge is 2.04. The van der Waals surface area contributed by atoms with Gasteiger partial charge in [-0.05, 0) is 35.9 Å². The molecule has 0 unspecified atom stereocenters. The Morgan fingerprint density at radius 1 is 1.00 bits per heavy atom. The smallest absolute Gasteiger partial charge is 0.229 e. The summed E-state index contributed by atoms with van der Waals surface area (Å²) < 4.78 is 5.31. The number of pyridine rings is 1. The molecule has 3 aromatic rings. The average Bonchev–Trinajstić information content (AvgIpc) is 2.62. The summed E-state index contributed by atoms with van der Waals surface area (Å²) in [5.41, 5.74) is 1.96.